The Hall–Kier alpha value is -0.260. The fourth-order valence-corrected chi connectivity index (χ4v) is 0.934. The largest absolute Gasteiger partial charge is 0.100 e. The third kappa shape index (κ3) is 22.6. The third-order valence-corrected chi connectivity index (χ3v) is 2.17. The van der Waals surface area contributed by atoms with Crippen molar-refractivity contribution in [1.29, 1.82) is 0 Å². The SMILES string of the molecule is C=C(C)CC.CC(C)CCCC(C)C. The molecule has 0 atom stereocenters. The second-order valence-electron chi connectivity index (χ2n) is 5.03. The first-order valence-corrected chi connectivity index (χ1v) is 6.04. The standard InChI is InChI=1S/C9H20.C5H10/c1-8(2)6-5-7-9(3)4;1-4-5(2)3/h8-9H,5-7H2,1-4H3;2,4H2,1,3H3. The monoisotopic (exact) mass is 198 g/mol. The first-order valence-electron chi connectivity index (χ1n) is 6.04. The minimum atomic E-state index is 0.892. The molecule has 0 heteroatoms. The van der Waals surface area contributed by atoms with Crippen molar-refractivity contribution in [2.45, 2.75) is 67.2 Å². The van der Waals surface area contributed by atoms with E-state index in [0.717, 1.165) is 18.3 Å². The Morgan fingerprint density at radius 1 is 1.00 bits per heavy atom. The zero-order chi connectivity index (χ0) is 11.6. The van der Waals surface area contributed by atoms with Crippen LogP contribution in [0.15, 0.2) is 12.2 Å². The summed E-state index contributed by atoms with van der Waals surface area (Å²) < 4.78 is 0. The van der Waals surface area contributed by atoms with Crippen molar-refractivity contribution in [3.8, 4) is 0 Å². The van der Waals surface area contributed by atoms with Crippen LogP contribution in [-0.4, -0.2) is 0 Å². The minimum Gasteiger partial charge on any atom is -0.100 e. The molecule has 0 bridgehead atoms. The van der Waals surface area contributed by atoms with Gasteiger partial charge in [-0.3, -0.25) is 0 Å². The van der Waals surface area contributed by atoms with Gasteiger partial charge in [-0.1, -0.05) is 59.5 Å². The summed E-state index contributed by atoms with van der Waals surface area (Å²) in [6.45, 7) is 17.0. The molecule has 0 saturated carbocycles. The van der Waals surface area contributed by atoms with E-state index < -0.39 is 0 Å². The van der Waals surface area contributed by atoms with E-state index in [9.17, 15) is 0 Å². The number of hydrogen-bond acceptors (Lipinski definition) is 0. The van der Waals surface area contributed by atoms with Crippen LogP contribution in [0.4, 0.5) is 0 Å². The molecule has 0 aliphatic rings. The molecular formula is C14H30. The molecule has 0 nitrogen and oxygen atoms in total. The Morgan fingerprint density at radius 2 is 1.29 bits per heavy atom. The van der Waals surface area contributed by atoms with Crippen LogP contribution in [0.1, 0.15) is 67.2 Å². The Balaban J connectivity index is 0. The smallest absolute Gasteiger partial charge is 0.0354 e. The highest BCUT2D eigenvalue weighted by Crippen LogP contribution is 2.10. The summed E-state index contributed by atoms with van der Waals surface area (Å²) in [6.07, 6.45) is 5.33. The molecule has 0 aromatic rings. The summed E-state index contributed by atoms with van der Waals surface area (Å²) in [7, 11) is 0. The van der Waals surface area contributed by atoms with Gasteiger partial charge in [0.05, 0.1) is 0 Å². The maximum Gasteiger partial charge on any atom is -0.0354 e. The first-order chi connectivity index (χ1) is 6.40. The summed E-state index contributed by atoms with van der Waals surface area (Å²) in [5.41, 5.74) is 1.25. The lowest BCUT2D eigenvalue weighted by atomic mass is 10.0. The molecule has 0 radical (unpaired) electrons. The summed E-state index contributed by atoms with van der Waals surface area (Å²) in [5, 5.41) is 0. The van der Waals surface area contributed by atoms with E-state index in [0.29, 0.717) is 0 Å². The van der Waals surface area contributed by atoms with E-state index in [-0.39, 0.29) is 0 Å². The average Bonchev–Trinajstić information content (AvgIpc) is 2.04. The molecule has 86 valence electrons. The summed E-state index contributed by atoms with van der Waals surface area (Å²) in [5.74, 6) is 1.78. The van der Waals surface area contributed by atoms with Crippen molar-refractivity contribution in [1.82, 2.24) is 0 Å². The summed E-state index contributed by atoms with van der Waals surface area (Å²) >= 11 is 0. The molecule has 0 aromatic heterocycles. The van der Waals surface area contributed by atoms with Crippen LogP contribution in [0.5, 0.6) is 0 Å². The minimum absolute atomic E-state index is 0.892. The predicted molar refractivity (Wildman–Crippen MR) is 68.6 cm³/mol. The highest BCUT2D eigenvalue weighted by molar-refractivity contribution is 4.84. The second-order valence-corrected chi connectivity index (χ2v) is 5.03. The second kappa shape index (κ2) is 10.8. The lowest BCUT2D eigenvalue weighted by molar-refractivity contribution is 0.480. The van der Waals surface area contributed by atoms with Crippen LogP contribution in [0.25, 0.3) is 0 Å². The molecule has 0 unspecified atom stereocenters. The third-order valence-electron chi connectivity index (χ3n) is 2.17. The van der Waals surface area contributed by atoms with Gasteiger partial charge in [0.15, 0.2) is 0 Å². The lowest BCUT2D eigenvalue weighted by Gasteiger charge is -2.05. The average molecular weight is 198 g/mol. The van der Waals surface area contributed by atoms with Crippen LogP contribution < -0.4 is 0 Å². The Bertz CT molecular complexity index is 112. The topological polar surface area (TPSA) is 0 Å². The molecule has 14 heavy (non-hydrogen) atoms. The highest BCUT2D eigenvalue weighted by atomic mass is 14.0. The molecule has 0 amide bonds. The van der Waals surface area contributed by atoms with E-state index in [4.69, 9.17) is 0 Å². The zero-order valence-electron chi connectivity index (χ0n) is 11.2. The Kier molecular flexibility index (Phi) is 12.5. The Labute approximate surface area is 91.8 Å². The van der Waals surface area contributed by atoms with Gasteiger partial charge in [0, 0.05) is 0 Å². The van der Waals surface area contributed by atoms with Crippen LogP contribution in [0, 0.1) is 11.8 Å². The van der Waals surface area contributed by atoms with E-state index in [2.05, 4.69) is 41.2 Å². The van der Waals surface area contributed by atoms with E-state index in [1.807, 2.05) is 6.92 Å². The quantitative estimate of drug-likeness (QED) is 0.516. The van der Waals surface area contributed by atoms with Crippen LogP contribution in [0.2, 0.25) is 0 Å². The van der Waals surface area contributed by atoms with Gasteiger partial charge in [-0.15, -0.1) is 6.58 Å². The van der Waals surface area contributed by atoms with Gasteiger partial charge in [-0.05, 0) is 25.2 Å². The van der Waals surface area contributed by atoms with E-state index in [1.54, 1.807) is 0 Å². The van der Waals surface area contributed by atoms with E-state index >= 15 is 0 Å². The zero-order valence-corrected chi connectivity index (χ0v) is 11.2. The predicted octanol–water partition coefficient (Wildman–Crippen LogP) is 5.44. The lowest BCUT2D eigenvalue weighted by Crippen LogP contribution is -1.90. The van der Waals surface area contributed by atoms with Crippen molar-refractivity contribution in [2.75, 3.05) is 0 Å². The number of rotatable bonds is 5. The fraction of sp³-hybridized carbons (Fsp3) is 0.857. The van der Waals surface area contributed by atoms with Gasteiger partial charge in [0.2, 0.25) is 0 Å². The maximum absolute atomic E-state index is 3.67. The van der Waals surface area contributed by atoms with Crippen molar-refractivity contribution in [3.63, 3.8) is 0 Å². The molecule has 0 aliphatic heterocycles. The van der Waals surface area contributed by atoms with Gasteiger partial charge >= 0.3 is 0 Å². The van der Waals surface area contributed by atoms with Crippen molar-refractivity contribution >= 4 is 0 Å². The van der Waals surface area contributed by atoms with Crippen molar-refractivity contribution in [2.24, 2.45) is 11.8 Å². The Morgan fingerprint density at radius 3 is 1.43 bits per heavy atom. The van der Waals surface area contributed by atoms with Gasteiger partial charge in [-0.25, -0.2) is 0 Å². The van der Waals surface area contributed by atoms with E-state index in [1.165, 1.54) is 24.8 Å². The molecular weight excluding hydrogens is 168 g/mol. The molecule has 0 saturated heterocycles. The number of hydrogen-bond donors (Lipinski definition) is 0. The summed E-state index contributed by atoms with van der Waals surface area (Å²) in [6, 6.07) is 0. The van der Waals surface area contributed by atoms with Crippen LogP contribution in [0.3, 0.4) is 0 Å². The first kappa shape index (κ1) is 16.2. The molecule has 0 heterocycles. The van der Waals surface area contributed by atoms with Gasteiger partial charge in [-0.2, -0.15) is 0 Å². The van der Waals surface area contributed by atoms with Gasteiger partial charge in [0.1, 0.15) is 0 Å². The molecule has 0 aromatic carbocycles. The highest BCUT2D eigenvalue weighted by Gasteiger charge is 1.95. The molecule has 0 aliphatic carbocycles. The summed E-state index contributed by atoms with van der Waals surface area (Å²) in [4.78, 5) is 0. The molecule has 0 rings (SSSR count). The normalized spacial score (nSPS) is 10.0. The van der Waals surface area contributed by atoms with Crippen molar-refractivity contribution in [3.05, 3.63) is 12.2 Å². The number of allylic oxidation sites excluding steroid dienone is 1. The van der Waals surface area contributed by atoms with Crippen LogP contribution in [-0.2, 0) is 0 Å². The fourth-order valence-electron chi connectivity index (χ4n) is 0.934. The molecule has 0 N–H and O–H groups in total. The van der Waals surface area contributed by atoms with Crippen molar-refractivity contribution < 1.29 is 0 Å². The van der Waals surface area contributed by atoms with Gasteiger partial charge in [0.25, 0.3) is 0 Å². The van der Waals surface area contributed by atoms with Gasteiger partial charge < -0.3 is 0 Å². The molecule has 0 spiro atoms. The maximum atomic E-state index is 3.67. The molecule has 0 fully saturated rings. The van der Waals surface area contributed by atoms with Crippen LogP contribution >= 0.6 is 0 Å².